The molecule has 15 heavy (non-hydrogen) atoms. The van der Waals surface area contributed by atoms with Gasteiger partial charge in [-0.15, -0.1) is 0 Å². The van der Waals surface area contributed by atoms with E-state index in [4.69, 9.17) is 4.74 Å². The summed E-state index contributed by atoms with van der Waals surface area (Å²) in [7, 11) is 0. The summed E-state index contributed by atoms with van der Waals surface area (Å²) in [5, 5.41) is 0. The van der Waals surface area contributed by atoms with Crippen LogP contribution in [0, 0.1) is 5.92 Å². The maximum Gasteiger partial charge on any atom is 0.0800 e. The predicted molar refractivity (Wildman–Crippen MR) is 66.1 cm³/mol. The molecule has 0 fully saturated rings. The summed E-state index contributed by atoms with van der Waals surface area (Å²) in [6, 6.07) is 6.56. The van der Waals surface area contributed by atoms with Crippen molar-refractivity contribution < 1.29 is 4.74 Å². The van der Waals surface area contributed by atoms with Crippen molar-refractivity contribution in [3.8, 4) is 0 Å². The molecule has 1 aromatic rings. The van der Waals surface area contributed by atoms with E-state index in [1.807, 2.05) is 0 Å². The number of fused-ring (bicyclic) bond motifs is 1. The molecule has 0 aromatic heterocycles. The fourth-order valence-electron chi connectivity index (χ4n) is 2.21. The highest BCUT2D eigenvalue weighted by molar-refractivity contribution is 9.10. The van der Waals surface area contributed by atoms with Crippen LogP contribution in [-0.2, 0) is 4.74 Å². The number of benzene rings is 1. The minimum atomic E-state index is 0.229. The first-order valence-corrected chi connectivity index (χ1v) is 6.30. The average Bonchev–Trinajstić information content (AvgIpc) is 2.19. The van der Waals surface area contributed by atoms with E-state index in [0.717, 1.165) is 11.1 Å². The summed E-state index contributed by atoms with van der Waals surface area (Å²) in [5.41, 5.74) is 2.81. The molecule has 0 N–H and O–H groups in total. The van der Waals surface area contributed by atoms with Gasteiger partial charge in [0.15, 0.2) is 0 Å². The maximum absolute atomic E-state index is 5.81. The molecule has 0 amide bonds. The normalized spacial score (nSPS) is 25.4. The maximum atomic E-state index is 5.81. The standard InChI is InChI=1S/C13H17BrO/c1-8(2)13-7-15-9(3)12-6-10(14)4-5-11(12)13/h4-6,8-9,13H,7H2,1-3H3/t9-,13+/m1/s1. The van der Waals surface area contributed by atoms with Crippen LogP contribution in [-0.4, -0.2) is 6.61 Å². The van der Waals surface area contributed by atoms with Gasteiger partial charge in [-0.2, -0.15) is 0 Å². The lowest BCUT2D eigenvalue weighted by atomic mass is 9.83. The third-order valence-corrected chi connectivity index (χ3v) is 3.71. The summed E-state index contributed by atoms with van der Waals surface area (Å²) >= 11 is 3.52. The molecule has 1 aromatic carbocycles. The van der Waals surface area contributed by atoms with Crippen molar-refractivity contribution in [1.82, 2.24) is 0 Å². The second kappa shape index (κ2) is 4.26. The number of halogens is 1. The van der Waals surface area contributed by atoms with Gasteiger partial charge in [0, 0.05) is 10.4 Å². The molecule has 1 nitrogen and oxygen atoms in total. The first-order chi connectivity index (χ1) is 7.09. The Balaban J connectivity index is 2.45. The summed E-state index contributed by atoms with van der Waals surface area (Å²) in [6.07, 6.45) is 0.229. The largest absolute Gasteiger partial charge is 0.373 e. The molecule has 82 valence electrons. The van der Waals surface area contributed by atoms with E-state index in [1.165, 1.54) is 11.1 Å². The first kappa shape index (κ1) is 11.2. The molecule has 2 heteroatoms. The summed E-state index contributed by atoms with van der Waals surface area (Å²) in [6.45, 7) is 7.50. The number of rotatable bonds is 1. The van der Waals surface area contributed by atoms with Crippen LogP contribution in [0.2, 0.25) is 0 Å². The van der Waals surface area contributed by atoms with E-state index < -0.39 is 0 Å². The van der Waals surface area contributed by atoms with Gasteiger partial charge in [0.1, 0.15) is 0 Å². The van der Waals surface area contributed by atoms with E-state index in [0.29, 0.717) is 11.8 Å². The van der Waals surface area contributed by atoms with Crippen molar-refractivity contribution >= 4 is 15.9 Å². The Morgan fingerprint density at radius 3 is 2.73 bits per heavy atom. The Morgan fingerprint density at radius 1 is 1.33 bits per heavy atom. The van der Waals surface area contributed by atoms with Crippen LogP contribution in [0.4, 0.5) is 0 Å². The fraction of sp³-hybridized carbons (Fsp3) is 0.538. The minimum absolute atomic E-state index is 0.229. The third kappa shape index (κ3) is 2.11. The van der Waals surface area contributed by atoms with E-state index in [2.05, 4.69) is 54.9 Å². The van der Waals surface area contributed by atoms with Gasteiger partial charge in [-0.25, -0.2) is 0 Å². The number of hydrogen-bond donors (Lipinski definition) is 0. The van der Waals surface area contributed by atoms with Crippen LogP contribution in [0.3, 0.4) is 0 Å². The lowest BCUT2D eigenvalue weighted by Crippen LogP contribution is -2.23. The molecule has 1 aliphatic rings. The summed E-state index contributed by atoms with van der Waals surface area (Å²) < 4.78 is 6.95. The molecule has 0 saturated carbocycles. The van der Waals surface area contributed by atoms with Gasteiger partial charge in [0.25, 0.3) is 0 Å². The first-order valence-electron chi connectivity index (χ1n) is 5.50. The topological polar surface area (TPSA) is 9.23 Å². The van der Waals surface area contributed by atoms with Crippen LogP contribution in [0.5, 0.6) is 0 Å². The third-order valence-electron chi connectivity index (χ3n) is 3.22. The van der Waals surface area contributed by atoms with Crippen LogP contribution in [0.15, 0.2) is 22.7 Å². The van der Waals surface area contributed by atoms with Gasteiger partial charge >= 0.3 is 0 Å². The van der Waals surface area contributed by atoms with Crippen LogP contribution >= 0.6 is 15.9 Å². The van der Waals surface area contributed by atoms with Gasteiger partial charge < -0.3 is 4.74 Å². The zero-order valence-electron chi connectivity index (χ0n) is 9.46. The van der Waals surface area contributed by atoms with Gasteiger partial charge in [0.2, 0.25) is 0 Å². The lowest BCUT2D eigenvalue weighted by molar-refractivity contribution is 0.0308. The Kier molecular flexibility index (Phi) is 3.17. The zero-order chi connectivity index (χ0) is 11.0. The number of hydrogen-bond acceptors (Lipinski definition) is 1. The van der Waals surface area contributed by atoms with Gasteiger partial charge in [-0.1, -0.05) is 35.8 Å². The molecule has 0 aliphatic carbocycles. The molecular weight excluding hydrogens is 252 g/mol. The van der Waals surface area contributed by atoms with Gasteiger partial charge in [0.05, 0.1) is 12.7 Å². The van der Waals surface area contributed by atoms with Crippen molar-refractivity contribution in [2.45, 2.75) is 32.8 Å². The minimum Gasteiger partial charge on any atom is -0.373 e. The van der Waals surface area contributed by atoms with Crippen LogP contribution in [0.1, 0.15) is 43.9 Å². The van der Waals surface area contributed by atoms with Crippen molar-refractivity contribution in [2.75, 3.05) is 6.61 Å². The van der Waals surface area contributed by atoms with Crippen LogP contribution in [0.25, 0.3) is 0 Å². The van der Waals surface area contributed by atoms with Crippen molar-refractivity contribution in [2.24, 2.45) is 5.92 Å². The average molecular weight is 269 g/mol. The summed E-state index contributed by atoms with van der Waals surface area (Å²) in [5.74, 6) is 1.18. The smallest absolute Gasteiger partial charge is 0.0800 e. The van der Waals surface area contributed by atoms with E-state index in [1.54, 1.807) is 0 Å². The molecule has 2 atom stereocenters. The second-order valence-corrected chi connectivity index (χ2v) is 5.51. The van der Waals surface area contributed by atoms with Crippen LogP contribution < -0.4 is 0 Å². The molecule has 1 aliphatic heterocycles. The Bertz CT molecular complexity index is 360. The van der Waals surface area contributed by atoms with E-state index >= 15 is 0 Å². The van der Waals surface area contributed by atoms with Gasteiger partial charge in [-0.3, -0.25) is 0 Å². The molecule has 0 unspecified atom stereocenters. The molecular formula is C13H17BrO. The molecule has 0 bridgehead atoms. The SMILES string of the molecule is CC(C)[C@@H]1CO[C@H](C)c2cc(Br)ccc21. The molecule has 0 radical (unpaired) electrons. The van der Waals surface area contributed by atoms with Crippen molar-refractivity contribution in [3.05, 3.63) is 33.8 Å². The zero-order valence-corrected chi connectivity index (χ0v) is 11.0. The molecule has 1 heterocycles. The molecule has 0 spiro atoms. The highest BCUT2D eigenvalue weighted by atomic mass is 79.9. The lowest BCUT2D eigenvalue weighted by Gasteiger charge is -2.32. The fourth-order valence-corrected chi connectivity index (χ4v) is 2.59. The van der Waals surface area contributed by atoms with Gasteiger partial charge in [-0.05, 0) is 36.1 Å². The quantitative estimate of drug-likeness (QED) is 0.739. The Labute approximate surface area is 100.0 Å². The second-order valence-electron chi connectivity index (χ2n) is 4.60. The number of ether oxygens (including phenoxy) is 1. The van der Waals surface area contributed by atoms with Crippen molar-refractivity contribution in [1.29, 1.82) is 0 Å². The Morgan fingerprint density at radius 2 is 2.07 bits per heavy atom. The van der Waals surface area contributed by atoms with Crippen molar-refractivity contribution in [3.63, 3.8) is 0 Å². The predicted octanol–water partition coefficient (Wildman–Crippen LogP) is 4.28. The van der Waals surface area contributed by atoms with E-state index in [9.17, 15) is 0 Å². The highest BCUT2D eigenvalue weighted by Crippen LogP contribution is 2.38. The summed E-state index contributed by atoms with van der Waals surface area (Å²) in [4.78, 5) is 0. The Hall–Kier alpha value is -0.340. The highest BCUT2D eigenvalue weighted by Gasteiger charge is 2.27. The van der Waals surface area contributed by atoms with E-state index in [-0.39, 0.29) is 6.10 Å². The monoisotopic (exact) mass is 268 g/mol. The molecule has 2 rings (SSSR count). The molecule has 0 saturated heterocycles.